The smallest absolute Gasteiger partial charge is 0.325 e. The van der Waals surface area contributed by atoms with Crippen LogP contribution >= 0.6 is 0 Å². The number of nitro benzene ring substituents is 1. The van der Waals surface area contributed by atoms with Crippen LogP contribution < -0.4 is 5.32 Å². The highest BCUT2D eigenvalue weighted by molar-refractivity contribution is 5.78. The maximum atomic E-state index is 10.6. The summed E-state index contributed by atoms with van der Waals surface area (Å²) in [6.45, 7) is 1.42. The van der Waals surface area contributed by atoms with E-state index in [0.717, 1.165) is 0 Å². The molecule has 0 amide bonds. The lowest BCUT2D eigenvalue weighted by Crippen LogP contribution is -2.25. The van der Waals surface area contributed by atoms with Crippen molar-refractivity contribution in [1.82, 2.24) is 0 Å². The first kappa shape index (κ1) is 11.0. The minimum atomic E-state index is -1.06. The number of aliphatic carboxylic acids is 1. The second-order valence-corrected chi connectivity index (χ2v) is 2.98. The average Bonchev–Trinajstić information content (AvgIpc) is 2.18. The Balaban J connectivity index is 2.94. The summed E-state index contributed by atoms with van der Waals surface area (Å²) in [4.78, 5) is 20.6. The van der Waals surface area contributed by atoms with Crippen LogP contribution in [-0.4, -0.2) is 22.0 Å². The van der Waals surface area contributed by atoms with Crippen LogP contribution in [0.25, 0.3) is 0 Å². The monoisotopic (exact) mass is 210 g/mol. The van der Waals surface area contributed by atoms with Gasteiger partial charge in [0.05, 0.1) is 4.92 Å². The van der Waals surface area contributed by atoms with Gasteiger partial charge in [-0.3, -0.25) is 14.9 Å². The lowest BCUT2D eigenvalue weighted by molar-refractivity contribution is -0.384. The van der Waals surface area contributed by atoms with Gasteiger partial charge in [0.1, 0.15) is 11.7 Å². The number of carboxylic acids is 1. The van der Waals surface area contributed by atoms with E-state index in [0.29, 0.717) is 0 Å². The number of nitrogens with zero attached hydrogens (tertiary/aromatic N) is 1. The largest absolute Gasteiger partial charge is 0.480 e. The van der Waals surface area contributed by atoms with Gasteiger partial charge in [0.2, 0.25) is 0 Å². The number of hydrogen-bond acceptors (Lipinski definition) is 4. The molecular formula is C9H10N2O4. The summed E-state index contributed by atoms with van der Waals surface area (Å²) in [6.07, 6.45) is 0. The average molecular weight is 210 g/mol. The number of hydrogen-bond donors (Lipinski definition) is 2. The Labute approximate surface area is 85.7 Å². The van der Waals surface area contributed by atoms with Gasteiger partial charge in [-0.2, -0.15) is 0 Å². The van der Waals surface area contributed by atoms with Crippen molar-refractivity contribution in [3.8, 4) is 0 Å². The Morgan fingerprint density at radius 3 is 2.67 bits per heavy atom. The van der Waals surface area contributed by atoms with Crippen LogP contribution in [0, 0.1) is 10.1 Å². The third kappa shape index (κ3) is 2.67. The fourth-order valence-electron chi connectivity index (χ4n) is 1.05. The number of anilines is 1. The molecule has 0 saturated carbocycles. The molecule has 0 spiro atoms. The summed E-state index contributed by atoms with van der Waals surface area (Å²) in [7, 11) is 0. The Kier molecular flexibility index (Phi) is 3.22. The molecule has 15 heavy (non-hydrogen) atoms. The molecule has 0 aliphatic carbocycles. The molecule has 0 unspecified atom stereocenters. The van der Waals surface area contributed by atoms with Crippen LogP contribution in [-0.2, 0) is 4.79 Å². The van der Waals surface area contributed by atoms with E-state index >= 15 is 0 Å². The number of benzene rings is 1. The molecule has 1 aromatic carbocycles. The Hall–Kier alpha value is -2.11. The molecule has 0 saturated heterocycles. The normalized spacial score (nSPS) is 11.8. The third-order valence-corrected chi connectivity index (χ3v) is 1.84. The highest BCUT2D eigenvalue weighted by Gasteiger charge is 2.17. The summed E-state index contributed by atoms with van der Waals surface area (Å²) in [6, 6.07) is 5.04. The van der Waals surface area contributed by atoms with Crippen molar-refractivity contribution >= 4 is 17.3 Å². The van der Waals surface area contributed by atoms with E-state index in [1.807, 2.05) is 0 Å². The summed E-state index contributed by atoms with van der Waals surface area (Å²) in [5.41, 5.74) is 0.0722. The second kappa shape index (κ2) is 4.41. The van der Waals surface area contributed by atoms with Gasteiger partial charge < -0.3 is 10.4 Å². The van der Waals surface area contributed by atoms with Crippen LogP contribution in [0.4, 0.5) is 11.4 Å². The summed E-state index contributed by atoms with van der Waals surface area (Å²) in [5, 5.41) is 21.8. The minimum absolute atomic E-state index is 0.134. The predicted octanol–water partition coefficient (Wildman–Crippen LogP) is 1.48. The maximum absolute atomic E-state index is 10.6. The van der Waals surface area contributed by atoms with Gasteiger partial charge in [0.15, 0.2) is 0 Å². The summed E-state index contributed by atoms with van der Waals surface area (Å²) >= 11 is 0. The van der Waals surface area contributed by atoms with Crippen LogP contribution in [0.3, 0.4) is 0 Å². The molecule has 0 heterocycles. The van der Waals surface area contributed by atoms with Gasteiger partial charge in [-0.05, 0) is 13.0 Å². The highest BCUT2D eigenvalue weighted by atomic mass is 16.6. The molecule has 0 fully saturated rings. The van der Waals surface area contributed by atoms with Crippen LogP contribution in [0.2, 0.25) is 0 Å². The molecular weight excluding hydrogens is 200 g/mol. The molecule has 6 nitrogen and oxygen atoms in total. The van der Waals surface area contributed by atoms with Gasteiger partial charge in [-0.1, -0.05) is 12.1 Å². The van der Waals surface area contributed by atoms with E-state index in [9.17, 15) is 14.9 Å². The van der Waals surface area contributed by atoms with Gasteiger partial charge in [-0.25, -0.2) is 0 Å². The fourth-order valence-corrected chi connectivity index (χ4v) is 1.05. The number of rotatable bonds is 4. The van der Waals surface area contributed by atoms with Crippen LogP contribution in [0.5, 0.6) is 0 Å². The molecule has 1 atom stereocenters. The number of nitro groups is 1. The first-order chi connectivity index (χ1) is 7.02. The Morgan fingerprint density at radius 2 is 2.13 bits per heavy atom. The van der Waals surface area contributed by atoms with Gasteiger partial charge >= 0.3 is 5.97 Å². The third-order valence-electron chi connectivity index (χ3n) is 1.84. The molecule has 0 radical (unpaired) electrons. The van der Waals surface area contributed by atoms with Crippen LogP contribution in [0.15, 0.2) is 24.3 Å². The zero-order chi connectivity index (χ0) is 11.4. The highest BCUT2D eigenvalue weighted by Crippen LogP contribution is 2.23. The molecule has 0 aliphatic heterocycles. The molecule has 6 heteroatoms. The number of nitrogens with one attached hydrogen (secondary N) is 1. The van der Waals surface area contributed by atoms with E-state index in [2.05, 4.69) is 5.32 Å². The van der Waals surface area contributed by atoms with Gasteiger partial charge in [0.25, 0.3) is 5.69 Å². The van der Waals surface area contributed by atoms with E-state index in [1.54, 1.807) is 6.07 Å². The maximum Gasteiger partial charge on any atom is 0.325 e. The minimum Gasteiger partial charge on any atom is -0.480 e. The van der Waals surface area contributed by atoms with E-state index in [1.165, 1.54) is 25.1 Å². The van der Waals surface area contributed by atoms with Crippen molar-refractivity contribution in [2.75, 3.05) is 5.32 Å². The van der Waals surface area contributed by atoms with E-state index < -0.39 is 16.9 Å². The number of para-hydroxylation sites is 2. The second-order valence-electron chi connectivity index (χ2n) is 2.98. The van der Waals surface area contributed by atoms with Crippen molar-refractivity contribution < 1.29 is 14.8 Å². The first-order valence-electron chi connectivity index (χ1n) is 4.25. The van der Waals surface area contributed by atoms with Crippen molar-refractivity contribution in [3.63, 3.8) is 0 Å². The summed E-state index contributed by atoms with van der Waals surface area (Å²) < 4.78 is 0. The van der Waals surface area contributed by atoms with E-state index in [-0.39, 0.29) is 11.4 Å². The van der Waals surface area contributed by atoms with E-state index in [4.69, 9.17) is 5.11 Å². The quantitative estimate of drug-likeness (QED) is 0.580. The summed E-state index contributed by atoms with van der Waals surface area (Å²) in [5.74, 6) is -1.06. The molecule has 1 rings (SSSR count). The number of carboxylic acid groups (broad SMARTS) is 1. The Bertz CT molecular complexity index is 391. The topological polar surface area (TPSA) is 92.5 Å². The zero-order valence-corrected chi connectivity index (χ0v) is 8.01. The Morgan fingerprint density at radius 1 is 1.53 bits per heavy atom. The lowest BCUT2D eigenvalue weighted by Gasteiger charge is -2.10. The SMILES string of the molecule is C[C@@H](Nc1ccccc1[N+](=O)[O-])C(=O)O. The van der Waals surface area contributed by atoms with Crippen molar-refractivity contribution in [3.05, 3.63) is 34.4 Å². The predicted molar refractivity (Wildman–Crippen MR) is 53.8 cm³/mol. The zero-order valence-electron chi connectivity index (χ0n) is 8.01. The van der Waals surface area contributed by atoms with Gasteiger partial charge in [-0.15, -0.1) is 0 Å². The number of carbonyl (C=O) groups is 1. The molecule has 80 valence electrons. The fraction of sp³-hybridized carbons (Fsp3) is 0.222. The van der Waals surface area contributed by atoms with Crippen molar-refractivity contribution in [1.29, 1.82) is 0 Å². The molecule has 2 N–H and O–H groups in total. The first-order valence-corrected chi connectivity index (χ1v) is 4.25. The molecule has 0 aromatic heterocycles. The van der Waals surface area contributed by atoms with Crippen molar-refractivity contribution in [2.45, 2.75) is 13.0 Å². The molecule has 0 bridgehead atoms. The lowest BCUT2D eigenvalue weighted by atomic mass is 10.2. The molecule has 0 aliphatic rings. The van der Waals surface area contributed by atoms with Crippen LogP contribution in [0.1, 0.15) is 6.92 Å². The molecule has 1 aromatic rings. The van der Waals surface area contributed by atoms with Gasteiger partial charge in [0, 0.05) is 6.07 Å². The standard InChI is InChI=1S/C9H10N2O4/c1-6(9(12)13)10-7-4-2-3-5-8(7)11(14)15/h2-6,10H,1H3,(H,12,13)/t6-/m1/s1. The van der Waals surface area contributed by atoms with Crippen molar-refractivity contribution in [2.24, 2.45) is 0 Å².